The predicted molar refractivity (Wildman–Crippen MR) is 52.5 cm³/mol. The van der Waals surface area contributed by atoms with Crippen LogP contribution in [0.2, 0.25) is 0 Å². The zero-order valence-electron chi connectivity index (χ0n) is 8.88. The highest BCUT2D eigenvalue weighted by molar-refractivity contribution is 5.90. The van der Waals surface area contributed by atoms with Crippen LogP contribution in [0.4, 0.5) is 4.79 Å². The van der Waals surface area contributed by atoms with Gasteiger partial charge in [-0.2, -0.15) is 0 Å². The molecule has 7 nitrogen and oxygen atoms in total. The summed E-state index contributed by atoms with van der Waals surface area (Å²) >= 11 is 0. The van der Waals surface area contributed by atoms with Gasteiger partial charge in [-0.05, 0) is 6.42 Å². The quantitative estimate of drug-likeness (QED) is 0.635. The minimum Gasteiger partial charge on any atom is -0.450 e. The van der Waals surface area contributed by atoms with Crippen LogP contribution in [0.15, 0.2) is 0 Å². The molecular formula is C9H14N2O5. The average Bonchev–Trinajstić information content (AvgIpc) is 2.50. The van der Waals surface area contributed by atoms with Crippen LogP contribution in [0.25, 0.3) is 0 Å². The fourth-order valence-electron chi connectivity index (χ4n) is 1.79. The summed E-state index contributed by atoms with van der Waals surface area (Å²) in [6.07, 6.45) is -1.84. The summed E-state index contributed by atoms with van der Waals surface area (Å²) in [6.45, 7) is 2.02. The number of carbonyl (C=O) groups is 3. The molecule has 16 heavy (non-hydrogen) atoms. The number of carbonyl (C=O) groups excluding carboxylic acids is 2. The van der Waals surface area contributed by atoms with Gasteiger partial charge in [0, 0.05) is 13.0 Å². The number of amides is 2. The molecule has 1 saturated heterocycles. The number of primary amides is 1. The van der Waals surface area contributed by atoms with Crippen LogP contribution in [0.3, 0.4) is 0 Å². The molecule has 2 amide bonds. The maximum Gasteiger partial charge on any atom is 0.506 e. The van der Waals surface area contributed by atoms with Crippen molar-refractivity contribution in [3.63, 3.8) is 0 Å². The van der Waals surface area contributed by atoms with Crippen LogP contribution < -0.4 is 5.73 Å². The third-order valence-corrected chi connectivity index (χ3v) is 2.53. The Bertz CT molecular complexity index is 317. The summed E-state index contributed by atoms with van der Waals surface area (Å²) in [7, 11) is 0. The van der Waals surface area contributed by atoms with Crippen LogP contribution in [0, 0.1) is 0 Å². The minimum atomic E-state index is -1.49. The van der Waals surface area contributed by atoms with Crippen molar-refractivity contribution in [2.75, 3.05) is 6.54 Å². The lowest BCUT2D eigenvalue weighted by Crippen LogP contribution is -2.46. The van der Waals surface area contributed by atoms with E-state index in [2.05, 4.69) is 4.74 Å². The van der Waals surface area contributed by atoms with Crippen molar-refractivity contribution in [2.45, 2.75) is 31.9 Å². The number of hydrogen-bond acceptors (Lipinski definition) is 4. The summed E-state index contributed by atoms with van der Waals surface area (Å²) in [5, 5.41) is 8.40. The molecule has 0 saturated carbocycles. The number of likely N-dealkylation sites (tertiary alicyclic amines) is 1. The van der Waals surface area contributed by atoms with Crippen LogP contribution >= 0.6 is 0 Å². The zero-order chi connectivity index (χ0) is 12.3. The Morgan fingerprint density at radius 2 is 2.31 bits per heavy atom. The van der Waals surface area contributed by atoms with E-state index in [4.69, 9.17) is 10.8 Å². The van der Waals surface area contributed by atoms with Gasteiger partial charge in [-0.1, -0.05) is 6.92 Å². The van der Waals surface area contributed by atoms with Crippen molar-refractivity contribution in [3.8, 4) is 0 Å². The van der Waals surface area contributed by atoms with E-state index in [0.717, 1.165) is 0 Å². The Balaban J connectivity index is 2.69. The first-order valence-corrected chi connectivity index (χ1v) is 4.96. The van der Waals surface area contributed by atoms with Crippen LogP contribution in [-0.4, -0.2) is 46.7 Å². The molecule has 0 aromatic rings. The second-order valence-corrected chi connectivity index (χ2v) is 3.52. The first kappa shape index (κ1) is 12.3. The van der Waals surface area contributed by atoms with E-state index >= 15 is 0 Å². The molecule has 1 rings (SSSR count). The second kappa shape index (κ2) is 4.82. The Kier molecular flexibility index (Phi) is 3.70. The first-order chi connectivity index (χ1) is 7.47. The van der Waals surface area contributed by atoms with E-state index in [1.807, 2.05) is 0 Å². The van der Waals surface area contributed by atoms with Crippen LogP contribution in [0.1, 0.15) is 19.8 Å². The maximum atomic E-state index is 11.7. The Morgan fingerprint density at radius 3 is 2.75 bits per heavy atom. The largest absolute Gasteiger partial charge is 0.506 e. The molecule has 0 aromatic heterocycles. The van der Waals surface area contributed by atoms with E-state index < -0.39 is 30.1 Å². The van der Waals surface area contributed by atoms with Gasteiger partial charge >= 0.3 is 6.16 Å². The van der Waals surface area contributed by atoms with E-state index in [9.17, 15) is 14.4 Å². The summed E-state index contributed by atoms with van der Waals surface area (Å²) < 4.78 is 4.40. The van der Waals surface area contributed by atoms with Gasteiger partial charge in [0.05, 0.1) is 0 Å². The predicted octanol–water partition coefficient (Wildman–Crippen LogP) is -0.454. The van der Waals surface area contributed by atoms with E-state index in [-0.39, 0.29) is 13.0 Å². The van der Waals surface area contributed by atoms with Gasteiger partial charge in [-0.25, -0.2) is 4.79 Å². The summed E-state index contributed by atoms with van der Waals surface area (Å²) in [6, 6.07) is -0.685. The summed E-state index contributed by atoms with van der Waals surface area (Å²) in [5.74, 6) is -1.08. The molecule has 1 fully saturated rings. The van der Waals surface area contributed by atoms with Crippen molar-refractivity contribution in [1.29, 1.82) is 0 Å². The highest BCUT2D eigenvalue weighted by atomic mass is 16.7. The van der Waals surface area contributed by atoms with E-state index in [0.29, 0.717) is 6.42 Å². The van der Waals surface area contributed by atoms with E-state index in [1.54, 1.807) is 6.92 Å². The molecule has 0 bridgehead atoms. The molecule has 0 aliphatic carbocycles. The molecule has 0 spiro atoms. The molecule has 0 radical (unpaired) electrons. The molecule has 1 aliphatic heterocycles. The molecule has 0 aromatic carbocycles. The third kappa shape index (κ3) is 2.41. The van der Waals surface area contributed by atoms with Crippen molar-refractivity contribution >= 4 is 18.0 Å². The Morgan fingerprint density at radius 1 is 1.69 bits per heavy atom. The first-order valence-electron chi connectivity index (χ1n) is 4.96. The molecule has 1 unspecified atom stereocenters. The monoisotopic (exact) mass is 230 g/mol. The molecule has 1 heterocycles. The van der Waals surface area contributed by atoms with Crippen LogP contribution in [-0.2, 0) is 14.3 Å². The van der Waals surface area contributed by atoms with Gasteiger partial charge < -0.3 is 20.5 Å². The minimum absolute atomic E-state index is 0.259. The normalized spacial score (nSPS) is 21.9. The highest BCUT2D eigenvalue weighted by Gasteiger charge is 2.39. The standard InChI is InChI=1S/C9H14N2O5/c1-2-5(7(10)12)11-4-3-6(8(11)13)16-9(14)15/h5-6H,2-4H2,1H3,(H2,10,12)(H,14,15)/t5-,6?/m0/s1. The Hall–Kier alpha value is -1.79. The van der Waals surface area contributed by atoms with Crippen molar-refractivity contribution in [1.82, 2.24) is 4.90 Å². The number of nitrogens with two attached hydrogens (primary N) is 1. The molecule has 2 atom stereocenters. The lowest BCUT2D eigenvalue weighted by atomic mass is 10.2. The molecule has 90 valence electrons. The number of hydrogen-bond donors (Lipinski definition) is 2. The lowest BCUT2D eigenvalue weighted by molar-refractivity contribution is -0.141. The molecule has 3 N–H and O–H groups in total. The van der Waals surface area contributed by atoms with Crippen molar-refractivity contribution < 1.29 is 24.2 Å². The SMILES string of the molecule is CC[C@@H](C(N)=O)N1CCC(OC(=O)O)C1=O. The van der Waals surface area contributed by atoms with Crippen molar-refractivity contribution in [2.24, 2.45) is 5.73 Å². The number of nitrogens with zero attached hydrogens (tertiary/aromatic N) is 1. The smallest absolute Gasteiger partial charge is 0.450 e. The number of rotatable bonds is 4. The average molecular weight is 230 g/mol. The van der Waals surface area contributed by atoms with Crippen molar-refractivity contribution in [3.05, 3.63) is 0 Å². The fraction of sp³-hybridized carbons (Fsp3) is 0.667. The summed E-state index contributed by atoms with van der Waals surface area (Å²) in [5.41, 5.74) is 5.15. The topological polar surface area (TPSA) is 110 Å². The van der Waals surface area contributed by atoms with Gasteiger partial charge in [0.1, 0.15) is 6.04 Å². The lowest BCUT2D eigenvalue weighted by Gasteiger charge is -2.23. The van der Waals surface area contributed by atoms with Gasteiger partial charge in [-0.15, -0.1) is 0 Å². The molecule has 1 aliphatic rings. The molecular weight excluding hydrogens is 216 g/mol. The highest BCUT2D eigenvalue weighted by Crippen LogP contribution is 2.18. The number of carboxylic acid groups (broad SMARTS) is 1. The van der Waals surface area contributed by atoms with Gasteiger partial charge in [-0.3, -0.25) is 9.59 Å². The molecule has 7 heteroatoms. The van der Waals surface area contributed by atoms with Gasteiger partial charge in [0.2, 0.25) is 5.91 Å². The number of ether oxygens (including phenoxy) is 1. The van der Waals surface area contributed by atoms with Gasteiger partial charge in [0.25, 0.3) is 5.91 Å². The third-order valence-electron chi connectivity index (χ3n) is 2.53. The second-order valence-electron chi connectivity index (χ2n) is 3.52. The maximum absolute atomic E-state index is 11.7. The summed E-state index contributed by atoms with van der Waals surface area (Å²) in [4.78, 5) is 34.3. The van der Waals surface area contributed by atoms with E-state index in [1.165, 1.54) is 4.90 Å². The Labute approximate surface area is 92.1 Å². The zero-order valence-corrected chi connectivity index (χ0v) is 8.88. The van der Waals surface area contributed by atoms with Crippen LogP contribution in [0.5, 0.6) is 0 Å². The fourth-order valence-corrected chi connectivity index (χ4v) is 1.79. The van der Waals surface area contributed by atoms with Gasteiger partial charge in [0.15, 0.2) is 6.10 Å².